The smallest absolute Gasteiger partial charge is 0.272 e. The molecule has 9 heteroatoms. The van der Waals surface area contributed by atoms with Crippen LogP contribution in [0.25, 0.3) is 6.08 Å². The third-order valence-electron chi connectivity index (χ3n) is 6.57. The van der Waals surface area contributed by atoms with E-state index >= 15 is 0 Å². The summed E-state index contributed by atoms with van der Waals surface area (Å²) in [5.41, 5.74) is 3.07. The van der Waals surface area contributed by atoms with Gasteiger partial charge in [0, 0.05) is 25.6 Å². The summed E-state index contributed by atoms with van der Waals surface area (Å²) in [6.07, 6.45) is 1.54. The highest BCUT2D eigenvalue weighted by molar-refractivity contribution is 9.10. The zero-order valence-corrected chi connectivity index (χ0v) is 26.9. The van der Waals surface area contributed by atoms with Crippen LogP contribution in [-0.4, -0.2) is 17.7 Å². The van der Waals surface area contributed by atoms with E-state index in [0.29, 0.717) is 27.5 Å². The van der Waals surface area contributed by atoms with Crippen molar-refractivity contribution in [3.05, 3.63) is 165 Å². The molecular formula is C36H27BrClN3O3S. The van der Waals surface area contributed by atoms with Crippen LogP contribution in [-0.2, 0) is 9.59 Å². The lowest BCUT2D eigenvalue weighted by molar-refractivity contribution is -0.116. The first-order chi connectivity index (χ1) is 21.9. The minimum absolute atomic E-state index is 0.0308. The first-order valence-corrected chi connectivity index (χ1v) is 15.9. The van der Waals surface area contributed by atoms with E-state index in [-0.39, 0.29) is 11.6 Å². The Bertz CT molecular complexity index is 1830. The van der Waals surface area contributed by atoms with Gasteiger partial charge >= 0.3 is 0 Å². The lowest BCUT2D eigenvalue weighted by atomic mass is 10.1. The minimum Gasteiger partial charge on any atom is -0.324 e. The van der Waals surface area contributed by atoms with E-state index in [1.165, 1.54) is 17.8 Å². The summed E-state index contributed by atoms with van der Waals surface area (Å²) in [6, 6.07) is 39.9. The van der Waals surface area contributed by atoms with Gasteiger partial charge < -0.3 is 16.0 Å². The molecule has 0 aromatic heterocycles. The summed E-state index contributed by atoms with van der Waals surface area (Å²) in [5, 5.41) is 8.50. The lowest BCUT2D eigenvalue weighted by Crippen LogP contribution is -2.30. The van der Waals surface area contributed by atoms with Gasteiger partial charge in [-0.05, 0) is 87.7 Å². The van der Waals surface area contributed by atoms with Crippen LogP contribution >= 0.6 is 39.3 Å². The Kier molecular flexibility index (Phi) is 10.9. The van der Waals surface area contributed by atoms with Crippen molar-refractivity contribution in [2.45, 2.75) is 10.1 Å². The molecule has 6 nitrogen and oxygen atoms in total. The topological polar surface area (TPSA) is 87.3 Å². The Morgan fingerprint density at radius 3 is 2.02 bits per heavy atom. The number of benzene rings is 5. The molecule has 0 aliphatic rings. The predicted octanol–water partition coefficient (Wildman–Crippen LogP) is 8.98. The fraction of sp³-hybridized carbons (Fsp3) is 0.0278. The molecule has 0 radical (unpaired) electrons. The number of rotatable bonds is 10. The third-order valence-corrected chi connectivity index (χ3v) is 8.87. The van der Waals surface area contributed by atoms with Crippen molar-refractivity contribution in [1.29, 1.82) is 0 Å². The minimum atomic E-state index is -0.530. The van der Waals surface area contributed by atoms with Gasteiger partial charge in [-0.25, -0.2) is 0 Å². The molecule has 0 aliphatic carbocycles. The van der Waals surface area contributed by atoms with Crippen LogP contribution in [0.2, 0.25) is 5.02 Å². The zero-order valence-electron chi connectivity index (χ0n) is 23.7. The van der Waals surface area contributed by atoms with Crippen LogP contribution in [0.5, 0.6) is 0 Å². The summed E-state index contributed by atoms with van der Waals surface area (Å²) in [4.78, 5) is 40.7. The first kappa shape index (κ1) is 31.8. The molecule has 0 saturated heterocycles. The van der Waals surface area contributed by atoms with Gasteiger partial charge in [-0.2, -0.15) is 0 Å². The van der Waals surface area contributed by atoms with Crippen LogP contribution in [0.4, 0.5) is 11.4 Å². The molecule has 5 rings (SSSR count). The highest BCUT2D eigenvalue weighted by atomic mass is 79.9. The van der Waals surface area contributed by atoms with Crippen molar-refractivity contribution >= 4 is 74.5 Å². The Morgan fingerprint density at radius 2 is 1.33 bits per heavy atom. The normalized spacial score (nSPS) is 11.7. The standard InChI is InChI=1S/C36H27BrClN3O3S/c37-29-16-8-10-18-31(29)40-36(44)33(24-11-3-1-4-12-24)45-28-21-19-27(20-22-28)39-35(43)32(23-26-15-7-9-17-30(26)38)41-34(42)25-13-5-2-6-14-25/h1-23,33H,(H,39,43)(H,40,44)(H,41,42)/b32-23-. The van der Waals surface area contributed by atoms with Gasteiger partial charge in [-0.15, -0.1) is 11.8 Å². The van der Waals surface area contributed by atoms with Crippen LogP contribution in [0, 0.1) is 0 Å². The van der Waals surface area contributed by atoms with E-state index in [2.05, 4.69) is 31.9 Å². The molecule has 5 aromatic carbocycles. The molecule has 0 heterocycles. The Hall–Kier alpha value is -4.63. The third kappa shape index (κ3) is 8.73. The van der Waals surface area contributed by atoms with E-state index in [0.717, 1.165) is 14.9 Å². The quantitative estimate of drug-likeness (QED) is 0.101. The van der Waals surface area contributed by atoms with Crippen molar-refractivity contribution in [3.63, 3.8) is 0 Å². The number of halogens is 2. The average Bonchev–Trinajstić information content (AvgIpc) is 3.06. The van der Waals surface area contributed by atoms with Crippen LogP contribution in [0.1, 0.15) is 26.7 Å². The highest BCUT2D eigenvalue weighted by Crippen LogP contribution is 2.37. The van der Waals surface area contributed by atoms with Gasteiger partial charge in [0.2, 0.25) is 5.91 Å². The van der Waals surface area contributed by atoms with Crippen LogP contribution < -0.4 is 16.0 Å². The van der Waals surface area contributed by atoms with E-state index in [4.69, 9.17) is 11.6 Å². The monoisotopic (exact) mass is 695 g/mol. The summed E-state index contributed by atoms with van der Waals surface area (Å²) < 4.78 is 0.790. The number of nitrogens with one attached hydrogen (secondary N) is 3. The van der Waals surface area contributed by atoms with Crippen LogP contribution in [0.15, 0.2) is 149 Å². The van der Waals surface area contributed by atoms with E-state index in [9.17, 15) is 14.4 Å². The average molecular weight is 697 g/mol. The molecule has 0 bridgehead atoms. The maximum atomic E-state index is 13.5. The zero-order chi connectivity index (χ0) is 31.6. The number of carbonyl (C=O) groups is 3. The van der Waals surface area contributed by atoms with Crippen molar-refractivity contribution in [3.8, 4) is 0 Å². The van der Waals surface area contributed by atoms with Gasteiger partial charge in [-0.3, -0.25) is 14.4 Å². The number of hydrogen-bond donors (Lipinski definition) is 3. The Morgan fingerprint density at radius 1 is 0.711 bits per heavy atom. The fourth-order valence-corrected chi connectivity index (χ4v) is 5.90. The molecule has 45 heavy (non-hydrogen) atoms. The molecule has 0 aliphatic heterocycles. The van der Waals surface area contributed by atoms with Gasteiger partial charge in [-0.1, -0.05) is 90.5 Å². The van der Waals surface area contributed by atoms with Crippen molar-refractivity contribution < 1.29 is 14.4 Å². The molecule has 0 fully saturated rings. The molecule has 0 spiro atoms. The Balaban J connectivity index is 1.33. The van der Waals surface area contributed by atoms with E-state index < -0.39 is 17.1 Å². The second-order valence-corrected chi connectivity index (χ2v) is 12.2. The van der Waals surface area contributed by atoms with Gasteiger partial charge in [0.25, 0.3) is 11.8 Å². The molecule has 224 valence electrons. The molecule has 1 atom stereocenters. The summed E-state index contributed by atoms with van der Waals surface area (Å²) >= 11 is 11.2. The number of carbonyl (C=O) groups excluding carboxylic acids is 3. The van der Waals surface area contributed by atoms with Crippen LogP contribution in [0.3, 0.4) is 0 Å². The second-order valence-electron chi connectivity index (χ2n) is 9.76. The molecule has 0 saturated carbocycles. The van der Waals surface area contributed by atoms with Gasteiger partial charge in [0.1, 0.15) is 10.9 Å². The number of amides is 3. The number of anilines is 2. The van der Waals surface area contributed by atoms with Gasteiger partial charge in [0.05, 0.1) is 5.69 Å². The molecule has 1 unspecified atom stereocenters. The molecular weight excluding hydrogens is 670 g/mol. The highest BCUT2D eigenvalue weighted by Gasteiger charge is 2.23. The summed E-state index contributed by atoms with van der Waals surface area (Å²) in [7, 11) is 0. The molecule has 3 amide bonds. The maximum Gasteiger partial charge on any atom is 0.272 e. The van der Waals surface area contributed by atoms with Crippen molar-refractivity contribution in [2.75, 3.05) is 10.6 Å². The van der Waals surface area contributed by atoms with Crippen molar-refractivity contribution in [1.82, 2.24) is 5.32 Å². The number of hydrogen-bond acceptors (Lipinski definition) is 4. The maximum absolute atomic E-state index is 13.5. The van der Waals surface area contributed by atoms with E-state index in [1.807, 2.05) is 72.8 Å². The summed E-state index contributed by atoms with van der Waals surface area (Å²) in [5.74, 6) is -1.11. The number of para-hydroxylation sites is 1. The largest absolute Gasteiger partial charge is 0.324 e. The lowest BCUT2D eigenvalue weighted by Gasteiger charge is -2.18. The second kappa shape index (κ2) is 15.4. The van der Waals surface area contributed by atoms with Crippen molar-refractivity contribution in [2.24, 2.45) is 0 Å². The van der Waals surface area contributed by atoms with Gasteiger partial charge in [0.15, 0.2) is 0 Å². The SMILES string of the molecule is O=C(Nc1ccc(SC(C(=O)Nc2ccccc2Br)c2ccccc2)cc1)/C(=C/c1ccccc1Cl)NC(=O)c1ccccc1. The van der Waals surface area contributed by atoms with E-state index in [1.54, 1.807) is 60.7 Å². The first-order valence-electron chi connectivity index (χ1n) is 13.9. The number of thioether (sulfide) groups is 1. The molecule has 5 aromatic rings. The predicted molar refractivity (Wildman–Crippen MR) is 186 cm³/mol. The molecule has 3 N–H and O–H groups in total. The fourth-order valence-electron chi connectivity index (χ4n) is 4.30. The Labute approximate surface area is 279 Å². The summed E-state index contributed by atoms with van der Waals surface area (Å²) in [6.45, 7) is 0.